The number of nitrogens with zero attached hydrogens (tertiary/aromatic N) is 6. The zero-order chi connectivity index (χ0) is 26.3. The van der Waals surface area contributed by atoms with Crippen LogP contribution >= 0.6 is 0 Å². The van der Waals surface area contributed by atoms with Crippen LogP contribution in [-0.4, -0.2) is 58.7 Å². The third-order valence-corrected chi connectivity index (χ3v) is 6.48. The molecular weight excluding hydrogens is 478 g/mol. The summed E-state index contributed by atoms with van der Waals surface area (Å²) in [5, 5.41) is 0.559. The van der Waals surface area contributed by atoms with Crippen LogP contribution in [0.3, 0.4) is 0 Å². The van der Waals surface area contributed by atoms with Crippen LogP contribution in [0.15, 0.2) is 42.5 Å². The van der Waals surface area contributed by atoms with Gasteiger partial charge in [0.05, 0.1) is 18.8 Å². The number of likely N-dealkylation sites (N-methyl/N-ethyl adjacent to an activating group) is 1. The molecule has 1 aliphatic heterocycles. The molecule has 0 aliphatic carbocycles. The van der Waals surface area contributed by atoms with Gasteiger partial charge in [-0.3, -0.25) is 9.69 Å². The third kappa shape index (κ3) is 4.84. The molecule has 1 saturated heterocycles. The van der Waals surface area contributed by atoms with Crippen LogP contribution in [0, 0.1) is 32.4 Å². The summed E-state index contributed by atoms with van der Waals surface area (Å²) < 4.78 is 34.3. The molecule has 0 radical (unpaired) electrons. The van der Waals surface area contributed by atoms with E-state index in [0.29, 0.717) is 35.0 Å². The van der Waals surface area contributed by atoms with Gasteiger partial charge in [0.15, 0.2) is 11.8 Å². The van der Waals surface area contributed by atoms with Gasteiger partial charge in [0, 0.05) is 42.0 Å². The number of hydrogen-bond acceptors (Lipinski definition) is 7. The first-order valence-electron chi connectivity index (χ1n) is 11.9. The van der Waals surface area contributed by atoms with E-state index in [1.54, 1.807) is 13.1 Å². The molecule has 3 aromatic heterocycles. The number of carbonyl (C=O) groups excluding carboxylic acids is 1. The quantitative estimate of drug-likeness (QED) is 0.413. The van der Waals surface area contributed by atoms with Gasteiger partial charge in [0.1, 0.15) is 17.5 Å². The average Bonchev–Trinajstić information content (AvgIpc) is 2.88. The van der Waals surface area contributed by atoms with Crippen molar-refractivity contribution in [3.8, 4) is 11.3 Å². The number of morpholine rings is 1. The molecular formula is C27H26F2N6O2. The third-order valence-electron chi connectivity index (χ3n) is 6.48. The minimum absolute atomic E-state index is 0.145. The maximum atomic E-state index is 14.9. The molecule has 0 spiro atoms. The minimum Gasteiger partial charge on any atom is -0.365 e. The number of benzene rings is 1. The van der Waals surface area contributed by atoms with Gasteiger partial charge in [-0.15, -0.1) is 0 Å². The molecule has 5 rings (SSSR count). The van der Waals surface area contributed by atoms with Crippen LogP contribution < -0.4 is 9.80 Å². The van der Waals surface area contributed by atoms with Crippen molar-refractivity contribution in [2.24, 2.45) is 0 Å². The molecule has 37 heavy (non-hydrogen) atoms. The number of hydrogen-bond donors (Lipinski definition) is 0. The molecule has 190 valence electrons. The smallest absolute Gasteiger partial charge is 0.258 e. The van der Waals surface area contributed by atoms with Crippen molar-refractivity contribution in [3.63, 3.8) is 0 Å². The molecule has 10 heteroatoms. The first kappa shape index (κ1) is 24.6. The van der Waals surface area contributed by atoms with Gasteiger partial charge in [-0.25, -0.2) is 23.7 Å². The normalized spacial score (nSPS) is 15.7. The molecule has 0 bridgehead atoms. The van der Waals surface area contributed by atoms with Crippen LogP contribution in [0.2, 0.25) is 0 Å². The largest absolute Gasteiger partial charge is 0.365 e. The molecule has 0 saturated carbocycles. The first-order valence-corrected chi connectivity index (χ1v) is 11.9. The van der Waals surface area contributed by atoms with Crippen molar-refractivity contribution in [3.05, 3.63) is 71.1 Å². The average molecular weight is 505 g/mol. The summed E-state index contributed by atoms with van der Waals surface area (Å²) in [5.74, 6) is -0.840. The predicted molar refractivity (Wildman–Crippen MR) is 136 cm³/mol. The lowest BCUT2D eigenvalue weighted by atomic mass is 10.1. The van der Waals surface area contributed by atoms with E-state index in [-0.39, 0.29) is 24.6 Å². The van der Waals surface area contributed by atoms with Crippen molar-refractivity contribution >= 4 is 28.7 Å². The topological polar surface area (TPSA) is 84.3 Å². The van der Waals surface area contributed by atoms with Crippen molar-refractivity contribution in [1.29, 1.82) is 0 Å². The summed E-state index contributed by atoms with van der Waals surface area (Å²) in [6, 6.07) is 10.7. The molecule has 4 aromatic rings. The van der Waals surface area contributed by atoms with Crippen LogP contribution in [0.1, 0.15) is 17.0 Å². The monoisotopic (exact) mass is 504 g/mol. The zero-order valence-electron chi connectivity index (χ0n) is 21.0. The summed E-state index contributed by atoms with van der Waals surface area (Å²) in [4.78, 5) is 34.9. The molecule has 1 aliphatic rings. The number of fused-ring (bicyclic) bond motifs is 1. The number of ether oxygens (including phenoxy) is 1. The lowest BCUT2D eigenvalue weighted by molar-refractivity contribution is -0.130. The Morgan fingerprint density at radius 1 is 1.05 bits per heavy atom. The van der Waals surface area contributed by atoms with Crippen LogP contribution in [0.25, 0.3) is 22.3 Å². The Balaban J connectivity index is 1.52. The summed E-state index contributed by atoms with van der Waals surface area (Å²) in [6.45, 7) is 6.52. The van der Waals surface area contributed by atoms with Crippen molar-refractivity contribution in [2.45, 2.75) is 26.9 Å². The standard InChI is InChI=1S/C27H26F2N6O2/c1-15-12-20-24(19-9-8-18(28)13-21(19)29)32-27(33-25(20)31-17(15)3)35-10-11-37-22(14-35)26(36)34(4)23-7-5-6-16(2)30-23/h5-9,12-13,22H,10-11,14H2,1-4H3/t22-/m0/s1. The second-order valence-corrected chi connectivity index (χ2v) is 9.10. The number of rotatable bonds is 4. The van der Waals surface area contributed by atoms with Gasteiger partial charge in [-0.1, -0.05) is 6.07 Å². The SMILES string of the molecule is Cc1cccc(N(C)C(=O)[C@@H]2CN(c3nc(-c4ccc(F)cc4F)c4cc(C)c(C)nc4n3)CCO2)n1. The van der Waals surface area contributed by atoms with E-state index in [1.807, 2.05) is 43.9 Å². The number of halogens is 2. The first-order chi connectivity index (χ1) is 17.7. The van der Waals surface area contributed by atoms with E-state index >= 15 is 0 Å². The number of amides is 1. The predicted octanol–water partition coefficient (Wildman–Crippen LogP) is 4.16. The van der Waals surface area contributed by atoms with Crippen molar-refractivity contribution in [2.75, 3.05) is 36.5 Å². The molecule has 0 N–H and O–H groups in total. The Morgan fingerprint density at radius 3 is 2.62 bits per heavy atom. The van der Waals surface area contributed by atoms with Crippen LogP contribution in [0.4, 0.5) is 20.5 Å². The van der Waals surface area contributed by atoms with Crippen molar-refractivity contribution < 1.29 is 18.3 Å². The lowest BCUT2D eigenvalue weighted by Crippen LogP contribution is -2.51. The van der Waals surface area contributed by atoms with E-state index in [0.717, 1.165) is 23.0 Å². The van der Waals surface area contributed by atoms with E-state index in [1.165, 1.54) is 17.0 Å². The Hall–Kier alpha value is -4.05. The van der Waals surface area contributed by atoms with E-state index in [2.05, 4.69) is 19.9 Å². The fourth-order valence-electron chi connectivity index (χ4n) is 4.29. The fourth-order valence-corrected chi connectivity index (χ4v) is 4.29. The Bertz CT molecular complexity index is 1510. The molecule has 0 unspecified atom stereocenters. The maximum Gasteiger partial charge on any atom is 0.258 e. The van der Waals surface area contributed by atoms with E-state index in [9.17, 15) is 13.6 Å². The summed E-state index contributed by atoms with van der Waals surface area (Å²) in [6.07, 6.45) is -0.779. The maximum absolute atomic E-state index is 14.9. The summed E-state index contributed by atoms with van der Waals surface area (Å²) in [7, 11) is 1.66. The van der Waals surface area contributed by atoms with Crippen LogP contribution in [-0.2, 0) is 9.53 Å². The Morgan fingerprint density at radius 2 is 1.86 bits per heavy atom. The molecule has 8 nitrogen and oxygen atoms in total. The van der Waals surface area contributed by atoms with Crippen LogP contribution in [0.5, 0.6) is 0 Å². The molecule has 1 amide bonds. The number of aryl methyl sites for hydroxylation is 3. The Kier molecular flexibility index (Phi) is 6.51. The summed E-state index contributed by atoms with van der Waals surface area (Å²) >= 11 is 0. The number of pyridine rings is 2. The highest BCUT2D eigenvalue weighted by atomic mass is 19.1. The second-order valence-electron chi connectivity index (χ2n) is 9.10. The zero-order valence-corrected chi connectivity index (χ0v) is 21.0. The second kappa shape index (κ2) is 9.78. The van der Waals surface area contributed by atoms with Gasteiger partial charge in [-0.05, 0) is 56.7 Å². The minimum atomic E-state index is -0.779. The molecule has 1 atom stereocenters. The highest BCUT2D eigenvalue weighted by Gasteiger charge is 2.32. The van der Waals surface area contributed by atoms with Gasteiger partial charge in [0.25, 0.3) is 5.91 Å². The van der Waals surface area contributed by atoms with Gasteiger partial charge < -0.3 is 9.64 Å². The lowest BCUT2D eigenvalue weighted by Gasteiger charge is -2.34. The van der Waals surface area contributed by atoms with Crippen molar-refractivity contribution in [1.82, 2.24) is 19.9 Å². The van der Waals surface area contributed by atoms with Gasteiger partial charge in [0.2, 0.25) is 5.95 Å². The van der Waals surface area contributed by atoms with E-state index < -0.39 is 17.7 Å². The number of anilines is 2. The number of carbonyl (C=O) groups is 1. The molecule has 1 aromatic carbocycles. The molecule has 1 fully saturated rings. The van der Waals surface area contributed by atoms with E-state index in [4.69, 9.17) is 4.74 Å². The van der Waals surface area contributed by atoms with Gasteiger partial charge >= 0.3 is 0 Å². The Labute approximate surface area is 213 Å². The summed E-state index contributed by atoms with van der Waals surface area (Å²) in [5.41, 5.74) is 3.32. The molecule has 4 heterocycles. The number of aromatic nitrogens is 4. The fraction of sp³-hybridized carbons (Fsp3) is 0.296. The van der Waals surface area contributed by atoms with Gasteiger partial charge in [-0.2, -0.15) is 4.98 Å². The highest BCUT2D eigenvalue weighted by Crippen LogP contribution is 2.31. The highest BCUT2D eigenvalue weighted by molar-refractivity contribution is 5.96.